The van der Waals surface area contributed by atoms with Gasteiger partial charge in [0.25, 0.3) is 0 Å². The third-order valence-corrected chi connectivity index (χ3v) is 4.29. The summed E-state index contributed by atoms with van der Waals surface area (Å²) < 4.78 is 0. The fourth-order valence-corrected chi connectivity index (χ4v) is 2.83. The Bertz CT molecular complexity index is 233. The molecule has 1 fully saturated rings. The molecule has 0 spiro atoms. The van der Waals surface area contributed by atoms with E-state index in [1.54, 1.807) is 0 Å². The quantitative estimate of drug-likeness (QED) is 0.455. The van der Waals surface area contributed by atoms with Gasteiger partial charge in [0.05, 0.1) is 0 Å². The Hall–Kier alpha value is -0.240. The van der Waals surface area contributed by atoms with Crippen LogP contribution in [0.25, 0.3) is 0 Å². The van der Waals surface area contributed by atoms with Gasteiger partial charge in [-0.1, -0.05) is 45.4 Å². The van der Waals surface area contributed by atoms with Crippen LogP contribution in [0.15, 0.2) is 0 Å². The fourth-order valence-electron chi connectivity index (χ4n) is 2.58. The number of likely N-dealkylation sites (tertiary alicyclic amines) is 1. The first-order chi connectivity index (χ1) is 8.77. The summed E-state index contributed by atoms with van der Waals surface area (Å²) in [4.78, 5) is 13.9. The topological polar surface area (TPSA) is 20.3 Å². The predicted octanol–water partition coefficient (Wildman–Crippen LogP) is 4.21. The first kappa shape index (κ1) is 15.8. The Labute approximate surface area is 117 Å². The van der Waals surface area contributed by atoms with Crippen LogP contribution in [0, 0.1) is 5.92 Å². The highest BCUT2D eigenvalue weighted by molar-refractivity contribution is 6.18. The molecule has 0 aromatic carbocycles. The largest absolute Gasteiger partial charge is 0.342 e. The van der Waals surface area contributed by atoms with Crippen molar-refractivity contribution in [2.45, 2.75) is 64.7 Å². The summed E-state index contributed by atoms with van der Waals surface area (Å²) in [5.41, 5.74) is 0. The molecule has 1 aliphatic heterocycles. The van der Waals surface area contributed by atoms with Gasteiger partial charge < -0.3 is 4.90 Å². The SMILES string of the molecule is CCCCCCCCCC(=O)N1CCC(CCl)C1. The van der Waals surface area contributed by atoms with E-state index in [0.717, 1.165) is 32.4 Å². The average molecular weight is 274 g/mol. The minimum atomic E-state index is 0.344. The van der Waals surface area contributed by atoms with Crippen LogP contribution in [-0.2, 0) is 4.79 Å². The minimum Gasteiger partial charge on any atom is -0.342 e. The number of rotatable bonds is 9. The molecule has 18 heavy (non-hydrogen) atoms. The number of amides is 1. The lowest BCUT2D eigenvalue weighted by atomic mass is 10.1. The maximum Gasteiger partial charge on any atom is 0.222 e. The second kappa shape index (κ2) is 9.66. The molecule has 106 valence electrons. The molecule has 1 saturated heterocycles. The van der Waals surface area contributed by atoms with Crippen LogP contribution >= 0.6 is 11.6 Å². The maximum absolute atomic E-state index is 11.9. The van der Waals surface area contributed by atoms with E-state index in [1.807, 2.05) is 4.90 Å². The molecule has 0 aromatic heterocycles. The van der Waals surface area contributed by atoms with Crippen LogP contribution in [0.4, 0.5) is 0 Å². The Morgan fingerprint density at radius 2 is 1.83 bits per heavy atom. The Kier molecular flexibility index (Phi) is 8.49. The monoisotopic (exact) mass is 273 g/mol. The molecule has 3 heteroatoms. The smallest absolute Gasteiger partial charge is 0.222 e. The van der Waals surface area contributed by atoms with E-state index in [0.29, 0.717) is 17.7 Å². The third kappa shape index (κ3) is 6.08. The van der Waals surface area contributed by atoms with Crippen molar-refractivity contribution in [3.8, 4) is 0 Å². The van der Waals surface area contributed by atoms with E-state index >= 15 is 0 Å². The lowest BCUT2D eigenvalue weighted by Crippen LogP contribution is -2.28. The summed E-state index contributed by atoms with van der Waals surface area (Å²) in [6.07, 6.45) is 10.7. The van der Waals surface area contributed by atoms with Gasteiger partial charge in [-0.3, -0.25) is 4.79 Å². The van der Waals surface area contributed by atoms with Crippen LogP contribution in [0.3, 0.4) is 0 Å². The second-order valence-electron chi connectivity index (χ2n) is 5.52. The molecular weight excluding hydrogens is 246 g/mol. The molecule has 1 aliphatic rings. The molecule has 0 aliphatic carbocycles. The summed E-state index contributed by atoms with van der Waals surface area (Å²) in [6, 6.07) is 0. The summed E-state index contributed by atoms with van der Waals surface area (Å²) in [5.74, 6) is 1.57. The summed E-state index contributed by atoms with van der Waals surface area (Å²) in [5, 5.41) is 0. The van der Waals surface area contributed by atoms with E-state index in [1.165, 1.54) is 38.5 Å². The van der Waals surface area contributed by atoms with Crippen LogP contribution < -0.4 is 0 Å². The van der Waals surface area contributed by atoms with Crippen LogP contribution in [0.2, 0.25) is 0 Å². The maximum atomic E-state index is 11.9. The molecule has 1 rings (SSSR count). The molecule has 0 N–H and O–H groups in total. The molecule has 1 atom stereocenters. The van der Waals surface area contributed by atoms with Crippen LogP contribution in [0.5, 0.6) is 0 Å². The number of halogens is 1. The Morgan fingerprint density at radius 3 is 2.44 bits per heavy atom. The number of carbonyl (C=O) groups is 1. The lowest BCUT2D eigenvalue weighted by molar-refractivity contribution is -0.130. The van der Waals surface area contributed by atoms with Crippen molar-refractivity contribution in [3.05, 3.63) is 0 Å². The van der Waals surface area contributed by atoms with Crippen molar-refractivity contribution in [2.75, 3.05) is 19.0 Å². The van der Waals surface area contributed by atoms with Gasteiger partial charge in [0.15, 0.2) is 0 Å². The van der Waals surface area contributed by atoms with E-state index < -0.39 is 0 Å². The molecule has 1 amide bonds. The van der Waals surface area contributed by atoms with Gasteiger partial charge in [0.1, 0.15) is 0 Å². The van der Waals surface area contributed by atoms with Crippen molar-refractivity contribution in [1.82, 2.24) is 4.90 Å². The lowest BCUT2D eigenvalue weighted by Gasteiger charge is -2.15. The minimum absolute atomic E-state index is 0.344. The van der Waals surface area contributed by atoms with E-state index in [-0.39, 0.29) is 0 Å². The summed E-state index contributed by atoms with van der Waals surface area (Å²) >= 11 is 5.83. The van der Waals surface area contributed by atoms with Crippen molar-refractivity contribution in [1.29, 1.82) is 0 Å². The summed E-state index contributed by atoms with van der Waals surface area (Å²) in [6.45, 7) is 4.05. The van der Waals surface area contributed by atoms with Gasteiger partial charge in [-0.25, -0.2) is 0 Å². The molecule has 0 radical (unpaired) electrons. The molecular formula is C15H28ClNO. The van der Waals surface area contributed by atoms with Crippen LogP contribution in [0.1, 0.15) is 64.7 Å². The van der Waals surface area contributed by atoms with Gasteiger partial charge in [0.2, 0.25) is 5.91 Å². The third-order valence-electron chi connectivity index (χ3n) is 3.85. The molecule has 2 nitrogen and oxygen atoms in total. The predicted molar refractivity (Wildman–Crippen MR) is 78.0 cm³/mol. The van der Waals surface area contributed by atoms with E-state index in [2.05, 4.69) is 6.92 Å². The van der Waals surface area contributed by atoms with Crippen molar-refractivity contribution in [3.63, 3.8) is 0 Å². The number of unbranched alkanes of at least 4 members (excludes halogenated alkanes) is 6. The average Bonchev–Trinajstić information content (AvgIpc) is 2.86. The van der Waals surface area contributed by atoms with E-state index in [9.17, 15) is 4.79 Å². The molecule has 1 heterocycles. The first-order valence-corrected chi connectivity index (χ1v) is 8.15. The number of carbonyl (C=O) groups excluding carboxylic acids is 1. The number of hydrogen-bond acceptors (Lipinski definition) is 1. The molecule has 1 unspecified atom stereocenters. The van der Waals surface area contributed by atoms with Crippen molar-refractivity contribution >= 4 is 17.5 Å². The van der Waals surface area contributed by atoms with Crippen molar-refractivity contribution < 1.29 is 4.79 Å². The highest BCUT2D eigenvalue weighted by Gasteiger charge is 2.24. The molecule has 0 aromatic rings. The van der Waals surface area contributed by atoms with Crippen LogP contribution in [-0.4, -0.2) is 29.8 Å². The zero-order valence-corrected chi connectivity index (χ0v) is 12.6. The van der Waals surface area contributed by atoms with Gasteiger partial charge in [0, 0.05) is 25.4 Å². The molecule has 0 saturated carbocycles. The normalized spacial score (nSPS) is 19.4. The summed E-state index contributed by atoms with van der Waals surface area (Å²) in [7, 11) is 0. The van der Waals surface area contributed by atoms with Gasteiger partial charge in [-0.05, 0) is 18.8 Å². The van der Waals surface area contributed by atoms with Gasteiger partial charge in [-0.2, -0.15) is 0 Å². The molecule has 0 bridgehead atoms. The number of hydrogen-bond donors (Lipinski definition) is 0. The van der Waals surface area contributed by atoms with Crippen molar-refractivity contribution in [2.24, 2.45) is 5.92 Å². The Balaban J connectivity index is 1.97. The number of nitrogens with zero attached hydrogens (tertiary/aromatic N) is 1. The zero-order valence-electron chi connectivity index (χ0n) is 11.8. The van der Waals surface area contributed by atoms with Gasteiger partial charge in [-0.15, -0.1) is 11.6 Å². The fraction of sp³-hybridized carbons (Fsp3) is 0.933. The standard InChI is InChI=1S/C15H28ClNO/c1-2-3-4-5-6-7-8-9-15(18)17-11-10-14(12-16)13-17/h14H,2-13H2,1H3. The highest BCUT2D eigenvalue weighted by Crippen LogP contribution is 2.19. The van der Waals surface area contributed by atoms with Gasteiger partial charge >= 0.3 is 0 Å². The highest BCUT2D eigenvalue weighted by atomic mass is 35.5. The second-order valence-corrected chi connectivity index (χ2v) is 5.83. The zero-order chi connectivity index (χ0) is 13.2. The number of alkyl halides is 1. The van der Waals surface area contributed by atoms with E-state index in [4.69, 9.17) is 11.6 Å². The first-order valence-electron chi connectivity index (χ1n) is 7.61. The Morgan fingerprint density at radius 1 is 1.17 bits per heavy atom.